The van der Waals surface area contributed by atoms with Crippen molar-refractivity contribution in [2.75, 3.05) is 55.3 Å². The van der Waals surface area contributed by atoms with Crippen LogP contribution in [0.15, 0.2) is 66.9 Å². The molecule has 3 N–H and O–H groups in total. The Hall–Kier alpha value is -4.36. The van der Waals surface area contributed by atoms with Crippen molar-refractivity contribution in [3.05, 3.63) is 72.5 Å². The summed E-state index contributed by atoms with van der Waals surface area (Å²) in [5.41, 5.74) is 3.25. The number of halogens is 3. The number of nitrogens with zero attached hydrogens (tertiary/aromatic N) is 5. The summed E-state index contributed by atoms with van der Waals surface area (Å²) in [5.74, 6) is -1.11. The number of aromatic nitrogens is 4. The fourth-order valence-corrected chi connectivity index (χ4v) is 4.63. The SMILES string of the molecule is Cc1ccc(NC(=O)C2=CC=CC(C(F)(F)F)C2)cc1Nc1ncncc1-c1cc(NCCN2CCOCC2)ncn1. The third kappa shape index (κ3) is 7.47. The number of rotatable bonds is 9. The Labute approximate surface area is 241 Å². The standard InChI is InChI=1S/C29H31F3N8O2/c1-19-5-6-22(38-28(41)20-3-2-4-21(13-20)29(30,31)32)14-24(19)39-27-23(16-33-17-37-27)25-15-26(36-18-35-25)34-7-8-40-9-11-42-12-10-40/h2-6,14-18,21H,7-13H2,1H3,(H,38,41)(H,33,37,39)(H,34,35,36). The Kier molecular flexibility index (Phi) is 9.08. The van der Waals surface area contributed by atoms with E-state index in [2.05, 4.69) is 40.8 Å². The second-order valence-corrected chi connectivity index (χ2v) is 9.99. The molecule has 13 heteroatoms. The van der Waals surface area contributed by atoms with E-state index in [0.29, 0.717) is 40.8 Å². The summed E-state index contributed by atoms with van der Waals surface area (Å²) in [5, 5.41) is 9.34. The zero-order chi connectivity index (χ0) is 29.5. The number of benzene rings is 1. The molecule has 1 aromatic carbocycles. The molecule has 1 aliphatic heterocycles. The van der Waals surface area contributed by atoms with E-state index in [1.165, 1.54) is 24.8 Å². The average Bonchev–Trinajstić information content (AvgIpc) is 2.99. The lowest BCUT2D eigenvalue weighted by atomic mass is 9.93. The van der Waals surface area contributed by atoms with Gasteiger partial charge in [-0.05, 0) is 31.0 Å². The molecule has 1 aliphatic carbocycles. The number of allylic oxidation sites excluding steroid dienone is 3. The number of amides is 1. The van der Waals surface area contributed by atoms with Gasteiger partial charge in [0.25, 0.3) is 5.91 Å². The van der Waals surface area contributed by atoms with Crippen LogP contribution in [-0.2, 0) is 9.53 Å². The zero-order valence-electron chi connectivity index (χ0n) is 23.0. The number of anilines is 4. The van der Waals surface area contributed by atoms with Crippen molar-refractivity contribution in [2.24, 2.45) is 5.92 Å². The largest absolute Gasteiger partial charge is 0.395 e. The average molecular weight is 581 g/mol. The smallest absolute Gasteiger partial charge is 0.379 e. The van der Waals surface area contributed by atoms with Crippen LogP contribution in [0.2, 0.25) is 0 Å². The van der Waals surface area contributed by atoms with Gasteiger partial charge >= 0.3 is 6.18 Å². The monoisotopic (exact) mass is 580 g/mol. The zero-order valence-corrected chi connectivity index (χ0v) is 23.0. The molecule has 220 valence electrons. The highest BCUT2D eigenvalue weighted by atomic mass is 19.4. The Morgan fingerprint density at radius 1 is 1.12 bits per heavy atom. The molecular formula is C29H31F3N8O2. The first kappa shape index (κ1) is 29.1. The highest BCUT2D eigenvalue weighted by molar-refractivity contribution is 6.04. The van der Waals surface area contributed by atoms with E-state index in [-0.39, 0.29) is 5.57 Å². The molecule has 1 unspecified atom stereocenters. The number of alkyl halides is 3. The maximum Gasteiger partial charge on any atom is 0.395 e. The Bertz CT molecular complexity index is 1470. The molecule has 2 aromatic heterocycles. The highest BCUT2D eigenvalue weighted by Gasteiger charge is 2.39. The van der Waals surface area contributed by atoms with Gasteiger partial charge in [0.2, 0.25) is 0 Å². The van der Waals surface area contributed by atoms with Gasteiger partial charge in [0.15, 0.2) is 0 Å². The molecule has 1 saturated heterocycles. The van der Waals surface area contributed by atoms with Gasteiger partial charge in [-0.15, -0.1) is 0 Å². The fourth-order valence-electron chi connectivity index (χ4n) is 4.63. The molecule has 1 fully saturated rings. The van der Waals surface area contributed by atoms with E-state index >= 15 is 0 Å². The van der Waals surface area contributed by atoms with E-state index in [0.717, 1.165) is 44.5 Å². The number of hydrogen-bond donors (Lipinski definition) is 3. The normalized spacial score (nSPS) is 17.4. The van der Waals surface area contributed by atoms with Crippen LogP contribution in [0.25, 0.3) is 11.3 Å². The molecule has 3 aromatic rings. The van der Waals surface area contributed by atoms with Crippen molar-refractivity contribution < 1.29 is 22.7 Å². The van der Waals surface area contributed by atoms with Crippen LogP contribution < -0.4 is 16.0 Å². The quantitative estimate of drug-likeness (QED) is 0.330. The first-order valence-electron chi connectivity index (χ1n) is 13.6. The predicted octanol–water partition coefficient (Wildman–Crippen LogP) is 4.73. The van der Waals surface area contributed by atoms with Crippen LogP contribution in [-0.4, -0.2) is 76.3 Å². The summed E-state index contributed by atoms with van der Waals surface area (Å²) in [6.45, 7) is 6.78. The van der Waals surface area contributed by atoms with Gasteiger partial charge in [0.05, 0.1) is 30.4 Å². The van der Waals surface area contributed by atoms with Gasteiger partial charge in [-0.1, -0.05) is 24.3 Å². The number of ether oxygens (including phenoxy) is 1. The number of nitrogens with one attached hydrogen (secondary N) is 3. The molecule has 0 saturated carbocycles. The lowest BCUT2D eigenvalue weighted by molar-refractivity contribution is -0.161. The summed E-state index contributed by atoms with van der Waals surface area (Å²) in [6, 6.07) is 7.03. The number of hydrogen-bond acceptors (Lipinski definition) is 9. The number of carbonyl (C=O) groups is 1. The number of carbonyl (C=O) groups excluding carboxylic acids is 1. The second kappa shape index (κ2) is 13.1. The van der Waals surface area contributed by atoms with Crippen molar-refractivity contribution >= 4 is 28.9 Å². The van der Waals surface area contributed by atoms with Crippen LogP contribution in [0.1, 0.15) is 12.0 Å². The molecule has 1 atom stereocenters. The Morgan fingerprint density at radius 2 is 1.95 bits per heavy atom. The van der Waals surface area contributed by atoms with Crippen molar-refractivity contribution in [1.82, 2.24) is 24.8 Å². The van der Waals surface area contributed by atoms with Crippen LogP contribution in [0.4, 0.5) is 36.2 Å². The minimum Gasteiger partial charge on any atom is -0.379 e. The summed E-state index contributed by atoms with van der Waals surface area (Å²) >= 11 is 0. The summed E-state index contributed by atoms with van der Waals surface area (Å²) in [4.78, 5) is 32.4. The van der Waals surface area contributed by atoms with E-state index in [1.54, 1.807) is 24.4 Å². The van der Waals surface area contributed by atoms with Crippen molar-refractivity contribution in [2.45, 2.75) is 19.5 Å². The molecule has 3 heterocycles. The minimum absolute atomic E-state index is 0.0612. The Morgan fingerprint density at radius 3 is 2.76 bits per heavy atom. The summed E-state index contributed by atoms with van der Waals surface area (Å²) in [6.07, 6.45) is 3.46. The van der Waals surface area contributed by atoms with Gasteiger partial charge in [-0.3, -0.25) is 9.69 Å². The molecule has 5 rings (SSSR count). The van der Waals surface area contributed by atoms with Gasteiger partial charge in [-0.2, -0.15) is 13.2 Å². The first-order chi connectivity index (χ1) is 20.3. The topological polar surface area (TPSA) is 117 Å². The lowest BCUT2D eigenvalue weighted by Gasteiger charge is -2.26. The maximum absolute atomic E-state index is 13.2. The third-order valence-corrected chi connectivity index (χ3v) is 7.03. The van der Waals surface area contributed by atoms with E-state index in [9.17, 15) is 18.0 Å². The molecule has 42 heavy (non-hydrogen) atoms. The first-order valence-corrected chi connectivity index (χ1v) is 13.6. The lowest BCUT2D eigenvalue weighted by Crippen LogP contribution is -2.39. The molecular weight excluding hydrogens is 549 g/mol. The summed E-state index contributed by atoms with van der Waals surface area (Å²) < 4.78 is 44.9. The molecule has 0 radical (unpaired) electrons. The van der Waals surface area contributed by atoms with Crippen molar-refractivity contribution in [1.29, 1.82) is 0 Å². The van der Waals surface area contributed by atoms with Crippen LogP contribution >= 0.6 is 0 Å². The fraction of sp³-hybridized carbons (Fsp3) is 0.345. The molecule has 0 bridgehead atoms. The van der Waals surface area contributed by atoms with Gasteiger partial charge < -0.3 is 20.7 Å². The van der Waals surface area contributed by atoms with E-state index < -0.39 is 24.4 Å². The highest BCUT2D eigenvalue weighted by Crippen LogP contribution is 2.35. The third-order valence-electron chi connectivity index (χ3n) is 7.03. The van der Waals surface area contributed by atoms with Gasteiger partial charge in [-0.25, -0.2) is 19.9 Å². The van der Waals surface area contributed by atoms with E-state index in [4.69, 9.17) is 4.74 Å². The summed E-state index contributed by atoms with van der Waals surface area (Å²) in [7, 11) is 0. The molecule has 10 nitrogen and oxygen atoms in total. The Balaban J connectivity index is 1.27. The molecule has 2 aliphatic rings. The van der Waals surface area contributed by atoms with Gasteiger partial charge in [0, 0.05) is 55.4 Å². The van der Waals surface area contributed by atoms with Crippen molar-refractivity contribution in [3.8, 4) is 11.3 Å². The van der Waals surface area contributed by atoms with E-state index in [1.807, 2.05) is 13.0 Å². The van der Waals surface area contributed by atoms with Crippen LogP contribution in [0, 0.1) is 12.8 Å². The van der Waals surface area contributed by atoms with Crippen molar-refractivity contribution in [3.63, 3.8) is 0 Å². The van der Waals surface area contributed by atoms with Gasteiger partial charge in [0.1, 0.15) is 24.3 Å². The van der Waals surface area contributed by atoms with Crippen LogP contribution in [0.5, 0.6) is 0 Å². The second-order valence-electron chi connectivity index (χ2n) is 9.99. The minimum atomic E-state index is -4.41. The molecule has 1 amide bonds. The number of morpholine rings is 1. The van der Waals surface area contributed by atoms with Crippen LogP contribution in [0.3, 0.4) is 0 Å². The number of aryl methyl sites for hydroxylation is 1. The predicted molar refractivity (Wildman–Crippen MR) is 153 cm³/mol. The maximum atomic E-state index is 13.2. The molecule has 0 spiro atoms.